The molecule has 3 aliphatic heterocycles. The van der Waals surface area contributed by atoms with Gasteiger partial charge in [-0.15, -0.1) is 13.2 Å². The Kier molecular flexibility index (Phi) is 11.9. The van der Waals surface area contributed by atoms with Crippen LogP contribution in [0.5, 0.6) is 0 Å². The molecule has 3 heterocycles. The molecule has 46 heavy (non-hydrogen) atoms. The predicted octanol–water partition coefficient (Wildman–Crippen LogP) is 4.08. The van der Waals surface area contributed by atoms with Gasteiger partial charge in [0, 0.05) is 36.5 Å². The normalized spacial score (nSPS) is 27.2. The number of hydrogen-bond acceptors (Lipinski definition) is 7. The Morgan fingerprint density at radius 3 is 2.54 bits per heavy atom. The predicted molar refractivity (Wildman–Crippen MR) is 178 cm³/mol. The molecular weight excluding hydrogens is 654 g/mol. The minimum Gasteiger partial charge on any atom is -0.455 e. The van der Waals surface area contributed by atoms with Crippen molar-refractivity contribution in [2.24, 2.45) is 11.8 Å². The van der Waals surface area contributed by atoms with Gasteiger partial charge in [0.15, 0.2) is 0 Å². The summed E-state index contributed by atoms with van der Waals surface area (Å²) in [6.45, 7) is 14.0. The number of halogens is 1. The molecule has 11 heteroatoms. The smallest absolute Gasteiger partial charge is 0.313 e. The van der Waals surface area contributed by atoms with E-state index in [4.69, 9.17) is 9.47 Å². The molecule has 1 aromatic carbocycles. The molecule has 1 aromatic rings. The number of aliphatic hydroxyl groups is 1. The van der Waals surface area contributed by atoms with Crippen LogP contribution in [0.4, 0.5) is 0 Å². The minimum absolute atomic E-state index is 0.0429. The lowest BCUT2D eigenvalue weighted by Crippen LogP contribution is -2.60. The molecule has 3 fully saturated rings. The van der Waals surface area contributed by atoms with Crippen molar-refractivity contribution in [1.29, 1.82) is 0 Å². The zero-order valence-corrected chi connectivity index (χ0v) is 28.7. The Morgan fingerprint density at radius 1 is 1.20 bits per heavy atom. The second-order valence-electron chi connectivity index (χ2n) is 13.4. The molecule has 3 saturated heterocycles. The molecule has 3 amide bonds. The first-order chi connectivity index (χ1) is 21.9. The third-order valence-corrected chi connectivity index (χ3v) is 10.1. The van der Waals surface area contributed by atoms with Crippen molar-refractivity contribution in [3.05, 3.63) is 61.2 Å². The first kappa shape index (κ1) is 35.8. The molecule has 0 radical (unpaired) electrons. The van der Waals surface area contributed by atoms with E-state index in [1.165, 1.54) is 0 Å². The van der Waals surface area contributed by atoms with Crippen LogP contribution in [0, 0.1) is 11.8 Å². The fraction of sp³-hybridized carbons (Fsp3) is 0.600. The fourth-order valence-electron chi connectivity index (χ4n) is 7.10. The van der Waals surface area contributed by atoms with Gasteiger partial charge in [-0.2, -0.15) is 0 Å². The first-order valence-corrected chi connectivity index (χ1v) is 17.1. The first-order valence-electron chi connectivity index (χ1n) is 16.2. The van der Waals surface area contributed by atoms with Gasteiger partial charge in [0.05, 0.1) is 24.5 Å². The van der Waals surface area contributed by atoms with Crippen LogP contribution in [0.2, 0.25) is 0 Å². The average molecular weight is 703 g/mol. The SMILES string of the molecule is C=CCCC(=O)NC[C@H](OC(=O)[C@H]1[C@@H]2O[C@@]3(CC2Br)[C@@H]1C(=O)N(CCCCCO)[C@@H]3C(=O)N(CC=C)C(C)(C)C)c1ccccc1. The lowest BCUT2D eigenvalue weighted by atomic mass is 9.70. The zero-order valence-electron chi connectivity index (χ0n) is 27.2. The largest absolute Gasteiger partial charge is 0.455 e. The number of esters is 1. The van der Waals surface area contributed by atoms with Gasteiger partial charge in [-0.1, -0.05) is 58.4 Å². The number of ether oxygens (including phenoxy) is 2. The van der Waals surface area contributed by atoms with Crippen LogP contribution in [-0.4, -0.2) is 93.0 Å². The van der Waals surface area contributed by atoms with Crippen LogP contribution >= 0.6 is 15.9 Å². The number of benzene rings is 1. The molecule has 0 aromatic heterocycles. The van der Waals surface area contributed by atoms with E-state index in [-0.39, 0.29) is 48.7 Å². The monoisotopic (exact) mass is 701 g/mol. The summed E-state index contributed by atoms with van der Waals surface area (Å²) in [6.07, 6.45) is 4.90. The maximum atomic E-state index is 14.5. The van der Waals surface area contributed by atoms with Crippen LogP contribution in [0.25, 0.3) is 0 Å². The number of rotatable bonds is 16. The van der Waals surface area contributed by atoms with Gasteiger partial charge < -0.3 is 29.7 Å². The summed E-state index contributed by atoms with van der Waals surface area (Å²) in [4.78, 5) is 58.5. The molecule has 3 aliphatic rings. The highest BCUT2D eigenvalue weighted by Crippen LogP contribution is 2.60. The summed E-state index contributed by atoms with van der Waals surface area (Å²) in [6, 6.07) is 8.22. The second kappa shape index (κ2) is 15.3. The van der Waals surface area contributed by atoms with E-state index >= 15 is 0 Å². The molecule has 1 unspecified atom stereocenters. The summed E-state index contributed by atoms with van der Waals surface area (Å²) >= 11 is 3.72. The Balaban J connectivity index is 1.67. The number of fused-ring (bicyclic) bond motifs is 1. The second-order valence-corrected chi connectivity index (χ2v) is 14.5. The third kappa shape index (κ3) is 7.26. The highest BCUT2D eigenvalue weighted by molar-refractivity contribution is 9.09. The molecule has 252 valence electrons. The highest BCUT2D eigenvalue weighted by atomic mass is 79.9. The third-order valence-electron chi connectivity index (χ3n) is 9.23. The molecule has 4 rings (SSSR count). The van der Waals surface area contributed by atoms with Gasteiger partial charge in [-0.05, 0) is 58.4 Å². The zero-order chi connectivity index (χ0) is 33.6. The highest BCUT2D eigenvalue weighted by Gasteiger charge is 2.77. The quantitative estimate of drug-likeness (QED) is 0.115. The molecule has 1 spiro atoms. The van der Waals surface area contributed by atoms with E-state index in [2.05, 4.69) is 34.4 Å². The number of likely N-dealkylation sites (tertiary alicyclic amines) is 1. The molecule has 0 saturated carbocycles. The lowest BCUT2D eigenvalue weighted by molar-refractivity contribution is -0.160. The van der Waals surface area contributed by atoms with E-state index in [9.17, 15) is 24.3 Å². The average Bonchev–Trinajstić information content (AvgIpc) is 3.61. The maximum Gasteiger partial charge on any atom is 0.313 e. The van der Waals surface area contributed by atoms with E-state index < -0.39 is 47.2 Å². The summed E-state index contributed by atoms with van der Waals surface area (Å²) in [5.41, 5.74) is -1.08. The van der Waals surface area contributed by atoms with Gasteiger partial charge in [-0.25, -0.2) is 0 Å². The van der Waals surface area contributed by atoms with Gasteiger partial charge >= 0.3 is 5.97 Å². The Hall–Kier alpha value is -3.02. The molecule has 10 nitrogen and oxygen atoms in total. The van der Waals surface area contributed by atoms with Gasteiger partial charge in [0.1, 0.15) is 17.7 Å². The van der Waals surface area contributed by atoms with Crippen molar-refractivity contribution in [3.8, 4) is 0 Å². The van der Waals surface area contributed by atoms with Crippen LogP contribution in [0.1, 0.15) is 71.0 Å². The Bertz CT molecular complexity index is 1280. The van der Waals surface area contributed by atoms with E-state index in [1.807, 2.05) is 51.1 Å². The van der Waals surface area contributed by atoms with Gasteiger partial charge in [-0.3, -0.25) is 19.2 Å². The lowest BCUT2D eigenvalue weighted by Gasteiger charge is -2.42. The van der Waals surface area contributed by atoms with Crippen molar-refractivity contribution in [3.63, 3.8) is 0 Å². The topological polar surface area (TPSA) is 125 Å². The van der Waals surface area contributed by atoms with Crippen molar-refractivity contribution in [2.75, 3.05) is 26.2 Å². The number of alkyl halides is 1. The summed E-state index contributed by atoms with van der Waals surface area (Å²) in [5.74, 6) is -3.19. The van der Waals surface area contributed by atoms with Gasteiger partial charge in [0.25, 0.3) is 0 Å². The standard InChI is InChI=1S/C35H48BrN3O7/c1-6-8-17-26(41)37-22-25(23-15-11-9-12-16-23)45-33(44)27-28-31(42)38(19-13-10-14-20-40)30(35(28)21-24(36)29(27)46-35)32(43)39(18-7-2)34(3,4)5/h6-7,9,11-12,15-16,24-25,27-30,40H,1-2,8,10,13-14,17-22H2,3-5H3,(H,37,41)/t24?,25-,27+,28-,29+,30+,35-/m0/s1. The Labute approximate surface area is 280 Å². The molecule has 0 aliphatic carbocycles. The van der Waals surface area contributed by atoms with Crippen LogP contribution < -0.4 is 5.32 Å². The number of unbranched alkanes of at least 4 members (excludes halogenated alkanes) is 2. The van der Waals surface area contributed by atoms with E-state index in [0.717, 1.165) is 0 Å². The maximum absolute atomic E-state index is 14.5. The number of carbonyl (C=O) groups is 4. The number of carbonyl (C=O) groups excluding carboxylic acids is 4. The minimum atomic E-state index is -1.22. The Morgan fingerprint density at radius 2 is 1.91 bits per heavy atom. The summed E-state index contributed by atoms with van der Waals surface area (Å²) in [7, 11) is 0. The number of nitrogens with zero attached hydrogens (tertiary/aromatic N) is 2. The van der Waals surface area contributed by atoms with E-state index in [1.54, 1.807) is 22.0 Å². The molecule has 2 bridgehead atoms. The van der Waals surface area contributed by atoms with E-state index in [0.29, 0.717) is 44.2 Å². The summed E-state index contributed by atoms with van der Waals surface area (Å²) < 4.78 is 12.8. The fourth-order valence-corrected chi connectivity index (χ4v) is 8.05. The number of nitrogens with one attached hydrogen (secondary N) is 1. The number of aliphatic hydroxyl groups excluding tert-OH is 1. The molecular formula is C35H48BrN3O7. The van der Waals surface area contributed by atoms with Crippen LogP contribution in [0.15, 0.2) is 55.6 Å². The number of amides is 3. The van der Waals surface area contributed by atoms with Crippen molar-refractivity contribution >= 4 is 39.6 Å². The van der Waals surface area contributed by atoms with Crippen molar-refractivity contribution in [2.45, 2.75) is 93.5 Å². The summed E-state index contributed by atoms with van der Waals surface area (Å²) in [5, 5.41) is 12.2. The van der Waals surface area contributed by atoms with Crippen LogP contribution in [-0.2, 0) is 28.7 Å². The van der Waals surface area contributed by atoms with Crippen LogP contribution in [0.3, 0.4) is 0 Å². The number of hydrogen-bond donors (Lipinski definition) is 2. The van der Waals surface area contributed by atoms with Crippen molar-refractivity contribution < 1.29 is 33.8 Å². The molecule has 7 atom stereocenters. The van der Waals surface area contributed by atoms with Gasteiger partial charge in [0.2, 0.25) is 17.7 Å². The molecule has 2 N–H and O–H groups in total. The van der Waals surface area contributed by atoms with Crippen molar-refractivity contribution in [1.82, 2.24) is 15.1 Å². The number of allylic oxidation sites excluding steroid dienone is 1.